The number of hydrogen-bond donors (Lipinski definition) is 1. The standard InChI is InChI=1S/C13H19F2N3O/c1-3-18(4-2)13(16)17-7-8-19-12-6-5-10(14)9-11(12)15/h5-6,9H,3-4,7-8H2,1-2H3,(H2,16,17). The van der Waals surface area contributed by atoms with Gasteiger partial charge in [-0.2, -0.15) is 0 Å². The fourth-order valence-electron chi connectivity index (χ4n) is 1.56. The van der Waals surface area contributed by atoms with Crippen LogP contribution in [0.15, 0.2) is 23.2 Å². The van der Waals surface area contributed by atoms with Gasteiger partial charge in [0.1, 0.15) is 12.4 Å². The smallest absolute Gasteiger partial charge is 0.191 e. The van der Waals surface area contributed by atoms with Gasteiger partial charge in [-0.3, -0.25) is 0 Å². The number of nitrogens with two attached hydrogens (primary N) is 1. The quantitative estimate of drug-likeness (QED) is 0.489. The molecule has 0 aromatic heterocycles. The molecule has 0 fully saturated rings. The maximum Gasteiger partial charge on any atom is 0.191 e. The van der Waals surface area contributed by atoms with Crippen LogP contribution in [0.5, 0.6) is 5.75 Å². The molecule has 0 saturated heterocycles. The molecule has 0 heterocycles. The maximum absolute atomic E-state index is 13.2. The number of hydrogen-bond acceptors (Lipinski definition) is 2. The van der Waals surface area contributed by atoms with Gasteiger partial charge >= 0.3 is 0 Å². The summed E-state index contributed by atoms with van der Waals surface area (Å²) in [7, 11) is 0. The Balaban J connectivity index is 2.44. The number of ether oxygens (including phenoxy) is 1. The minimum Gasteiger partial charge on any atom is -0.489 e. The Morgan fingerprint density at radius 1 is 1.32 bits per heavy atom. The molecule has 0 aliphatic carbocycles. The molecule has 0 spiro atoms. The molecule has 1 aromatic rings. The highest BCUT2D eigenvalue weighted by atomic mass is 19.1. The van der Waals surface area contributed by atoms with E-state index < -0.39 is 11.6 Å². The zero-order valence-corrected chi connectivity index (χ0v) is 11.2. The summed E-state index contributed by atoms with van der Waals surface area (Å²) in [5.41, 5.74) is 5.76. The Bertz CT molecular complexity index is 434. The van der Waals surface area contributed by atoms with Gasteiger partial charge in [-0.1, -0.05) is 0 Å². The second-order valence-corrected chi connectivity index (χ2v) is 3.84. The second-order valence-electron chi connectivity index (χ2n) is 3.84. The average Bonchev–Trinajstić information content (AvgIpc) is 2.38. The molecule has 0 bridgehead atoms. The number of rotatable bonds is 6. The molecule has 0 amide bonds. The summed E-state index contributed by atoms with van der Waals surface area (Å²) in [6.45, 7) is 6.02. The summed E-state index contributed by atoms with van der Waals surface area (Å²) in [6.07, 6.45) is 0. The molecule has 0 aliphatic rings. The number of nitrogens with zero attached hydrogens (tertiary/aromatic N) is 2. The zero-order chi connectivity index (χ0) is 14.3. The van der Waals surface area contributed by atoms with Crippen LogP contribution in [0.3, 0.4) is 0 Å². The summed E-state index contributed by atoms with van der Waals surface area (Å²) in [5.74, 6) is -0.902. The van der Waals surface area contributed by atoms with E-state index in [-0.39, 0.29) is 12.4 Å². The SMILES string of the molecule is CCN(CC)C(N)=NCCOc1ccc(F)cc1F. The van der Waals surface area contributed by atoms with E-state index in [0.717, 1.165) is 25.2 Å². The highest BCUT2D eigenvalue weighted by Crippen LogP contribution is 2.17. The highest BCUT2D eigenvalue weighted by Gasteiger charge is 2.05. The summed E-state index contributed by atoms with van der Waals surface area (Å²) < 4.78 is 31.1. The van der Waals surface area contributed by atoms with Crippen LogP contribution in [0.25, 0.3) is 0 Å². The van der Waals surface area contributed by atoms with Crippen molar-refractivity contribution >= 4 is 5.96 Å². The Kier molecular flexibility index (Phi) is 6.05. The first-order valence-corrected chi connectivity index (χ1v) is 6.21. The third-order valence-electron chi connectivity index (χ3n) is 2.60. The number of guanidine groups is 1. The minimum absolute atomic E-state index is 0.0120. The Morgan fingerprint density at radius 3 is 2.58 bits per heavy atom. The lowest BCUT2D eigenvalue weighted by Gasteiger charge is -2.19. The summed E-state index contributed by atoms with van der Waals surface area (Å²) in [4.78, 5) is 6.03. The van der Waals surface area contributed by atoms with Crippen molar-refractivity contribution in [3.8, 4) is 5.75 Å². The summed E-state index contributed by atoms with van der Waals surface area (Å²) in [6, 6.07) is 3.18. The van der Waals surface area contributed by atoms with Gasteiger partial charge < -0.3 is 15.4 Å². The molecule has 0 atom stereocenters. The van der Waals surface area contributed by atoms with Gasteiger partial charge in [-0.15, -0.1) is 0 Å². The van der Waals surface area contributed by atoms with Gasteiger partial charge in [0.15, 0.2) is 17.5 Å². The minimum atomic E-state index is -0.722. The molecule has 2 N–H and O–H groups in total. The first-order chi connectivity index (χ1) is 9.08. The normalized spacial score (nSPS) is 11.5. The van der Waals surface area contributed by atoms with Crippen molar-refractivity contribution in [2.24, 2.45) is 10.7 Å². The van der Waals surface area contributed by atoms with E-state index in [2.05, 4.69) is 4.99 Å². The highest BCUT2D eigenvalue weighted by molar-refractivity contribution is 5.77. The molecular weight excluding hydrogens is 252 g/mol. The van der Waals surface area contributed by atoms with Crippen LogP contribution in [0.1, 0.15) is 13.8 Å². The lowest BCUT2D eigenvalue weighted by Crippen LogP contribution is -2.37. The van der Waals surface area contributed by atoms with Gasteiger partial charge in [-0.25, -0.2) is 13.8 Å². The van der Waals surface area contributed by atoms with Crippen molar-refractivity contribution in [1.29, 1.82) is 0 Å². The lowest BCUT2D eigenvalue weighted by molar-refractivity contribution is 0.309. The van der Waals surface area contributed by atoms with E-state index in [9.17, 15) is 8.78 Å². The molecule has 4 nitrogen and oxygen atoms in total. The number of benzene rings is 1. The van der Waals surface area contributed by atoms with Gasteiger partial charge in [0.25, 0.3) is 0 Å². The Hall–Kier alpha value is -1.85. The molecule has 1 aromatic carbocycles. The average molecular weight is 271 g/mol. The summed E-state index contributed by atoms with van der Waals surface area (Å²) >= 11 is 0. The second kappa shape index (κ2) is 7.56. The molecule has 1 rings (SSSR count). The molecule has 106 valence electrons. The molecule has 0 aliphatic heterocycles. The van der Waals surface area contributed by atoms with Crippen LogP contribution >= 0.6 is 0 Å². The molecule has 0 unspecified atom stereocenters. The van der Waals surface area contributed by atoms with Crippen LogP contribution in [0, 0.1) is 11.6 Å². The van der Waals surface area contributed by atoms with Crippen LogP contribution in [-0.4, -0.2) is 37.1 Å². The molecule has 0 radical (unpaired) electrons. The Morgan fingerprint density at radius 2 is 2.00 bits per heavy atom. The van der Waals surface area contributed by atoms with Crippen molar-refractivity contribution in [1.82, 2.24) is 4.90 Å². The maximum atomic E-state index is 13.2. The van der Waals surface area contributed by atoms with E-state index in [1.165, 1.54) is 6.07 Å². The Labute approximate surface area is 111 Å². The molecular formula is C13H19F2N3O. The van der Waals surface area contributed by atoms with Crippen molar-refractivity contribution in [2.75, 3.05) is 26.2 Å². The van der Waals surface area contributed by atoms with E-state index >= 15 is 0 Å². The van der Waals surface area contributed by atoms with Gasteiger partial charge in [0.05, 0.1) is 6.54 Å². The molecule has 19 heavy (non-hydrogen) atoms. The van der Waals surface area contributed by atoms with Crippen LogP contribution in [-0.2, 0) is 0 Å². The van der Waals surface area contributed by atoms with Crippen molar-refractivity contribution < 1.29 is 13.5 Å². The predicted molar refractivity (Wildman–Crippen MR) is 71.3 cm³/mol. The first-order valence-electron chi connectivity index (χ1n) is 6.21. The van der Waals surface area contributed by atoms with Gasteiger partial charge in [-0.05, 0) is 26.0 Å². The topological polar surface area (TPSA) is 50.8 Å². The fourth-order valence-corrected chi connectivity index (χ4v) is 1.56. The van der Waals surface area contributed by atoms with Crippen molar-refractivity contribution in [3.63, 3.8) is 0 Å². The monoisotopic (exact) mass is 271 g/mol. The zero-order valence-electron chi connectivity index (χ0n) is 11.2. The van der Waals surface area contributed by atoms with E-state index in [1.54, 1.807) is 0 Å². The van der Waals surface area contributed by atoms with Crippen molar-refractivity contribution in [2.45, 2.75) is 13.8 Å². The molecule has 0 saturated carbocycles. The summed E-state index contributed by atoms with van der Waals surface area (Å²) in [5, 5.41) is 0. The predicted octanol–water partition coefficient (Wildman–Crippen LogP) is 2.00. The lowest BCUT2D eigenvalue weighted by atomic mass is 10.3. The third kappa shape index (κ3) is 4.73. The third-order valence-corrected chi connectivity index (χ3v) is 2.60. The first kappa shape index (κ1) is 15.2. The number of halogens is 2. The molecule has 6 heteroatoms. The largest absolute Gasteiger partial charge is 0.489 e. The van der Waals surface area contributed by atoms with Crippen LogP contribution in [0.2, 0.25) is 0 Å². The number of aliphatic imine (C=N–C) groups is 1. The van der Waals surface area contributed by atoms with Gasteiger partial charge in [0, 0.05) is 19.2 Å². The van der Waals surface area contributed by atoms with Crippen LogP contribution < -0.4 is 10.5 Å². The van der Waals surface area contributed by atoms with Gasteiger partial charge in [0.2, 0.25) is 0 Å². The van der Waals surface area contributed by atoms with Crippen LogP contribution in [0.4, 0.5) is 8.78 Å². The van der Waals surface area contributed by atoms with Crippen molar-refractivity contribution in [3.05, 3.63) is 29.8 Å². The fraction of sp³-hybridized carbons (Fsp3) is 0.462. The van der Waals surface area contributed by atoms with E-state index in [4.69, 9.17) is 10.5 Å². The van der Waals surface area contributed by atoms with E-state index in [0.29, 0.717) is 12.5 Å². The van der Waals surface area contributed by atoms with E-state index in [1.807, 2.05) is 18.7 Å².